The molecule has 0 saturated carbocycles. The lowest BCUT2D eigenvalue weighted by molar-refractivity contribution is -0.136. The smallest absolute Gasteiger partial charge is 0.344 e. The number of rotatable bonds is 7. The van der Waals surface area contributed by atoms with E-state index >= 15 is 0 Å². The Hall–Kier alpha value is -2.29. The van der Waals surface area contributed by atoms with Crippen molar-refractivity contribution >= 4 is 22.2 Å². The maximum Gasteiger partial charge on any atom is 0.394 e. The van der Waals surface area contributed by atoms with Gasteiger partial charge in [0, 0.05) is 18.7 Å². The highest BCUT2D eigenvalue weighted by Gasteiger charge is 2.20. The average Bonchev–Trinajstić information content (AvgIpc) is 2.91. The van der Waals surface area contributed by atoms with Gasteiger partial charge in [-0.15, -0.1) is 5.73 Å². The number of hydrogen-bond donors (Lipinski definition) is 3. The summed E-state index contributed by atoms with van der Waals surface area (Å²) in [6.07, 6.45) is 11.8. The molecular formula is C21H36N2O6S. The molecule has 0 aromatic carbocycles. The number of carbonyl (C=O) groups is 2. The van der Waals surface area contributed by atoms with Crippen LogP contribution in [0.25, 0.3) is 0 Å². The number of imide groups is 1. The molecule has 1 aliphatic rings. The summed E-state index contributed by atoms with van der Waals surface area (Å²) in [6.45, 7) is 14.5. The number of carbonyl (C=O) groups excluding carboxylic acids is 2. The van der Waals surface area contributed by atoms with Gasteiger partial charge in [-0.2, -0.15) is 8.42 Å². The molecule has 0 saturated heterocycles. The molecule has 172 valence electrons. The molecule has 0 aromatic heterocycles. The van der Waals surface area contributed by atoms with E-state index in [0.29, 0.717) is 6.54 Å². The fraction of sp³-hybridized carbons (Fsp3) is 0.476. The zero-order valence-corrected chi connectivity index (χ0v) is 19.5. The normalized spacial score (nSPS) is 12.6. The van der Waals surface area contributed by atoms with Crippen molar-refractivity contribution in [1.82, 2.24) is 11.1 Å². The van der Waals surface area contributed by atoms with Crippen molar-refractivity contribution in [1.29, 1.82) is 0 Å². The zero-order chi connectivity index (χ0) is 23.0. The van der Waals surface area contributed by atoms with Gasteiger partial charge in [0.15, 0.2) is 0 Å². The van der Waals surface area contributed by atoms with Gasteiger partial charge in [-0.05, 0) is 65.9 Å². The predicted molar refractivity (Wildman–Crippen MR) is 121 cm³/mol. The average molecular weight is 445 g/mol. The first-order valence-electron chi connectivity index (χ1n) is 9.19. The maximum absolute atomic E-state index is 10.6. The highest BCUT2D eigenvalue weighted by atomic mass is 32.3. The minimum absolute atomic E-state index is 0. The summed E-state index contributed by atoms with van der Waals surface area (Å²) in [5, 5.41) is 0. The Morgan fingerprint density at radius 3 is 1.80 bits per heavy atom. The second-order valence-electron chi connectivity index (χ2n) is 6.57. The van der Waals surface area contributed by atoms with E-state index in [-0.39, 0.29) is 18.0 Å². The highest BCUT2D eigenvalue weighted by Crippen LogP contribution is 2.10. The molecular weight excluding hydrogens is 408 g/mol. The van der Waals surface area contributed by atoms with E-state index in [2.05, 4.69) is 52.2 Å². The molecule has 0 aliphatic carbocycles. The first-order chi connectivity index (χ1) is 13.3. The van der Waals surface area contributed by atoms with E-state index in [1.54, 1.807) is 6.92 Å². The van der Waals surface area contributed by atoms with Crippen molar-refractivity contribution in [2.75, 3.05) is 6.54 Å². The molecule has 5 N–H and O–H groups in total. The van der Waals surface area contributed by atoms with Crippen LogP contribution in [0.1, 0.15) is 60.3 Å². The standard InChI is InChI=1S/C15H24.C6H7NO2.H3N.H2O4S/c1-6-14(4)10-8-12-15(5)11-7-9-13(2)3;1-2-7-5(8)3-4-6(7)9;;1-5(2,3)4/h9,12H,1,7-8,10-11H2,2-5H3;3-4H,2H2,1H3;1H3;(H2,1,2,3,4). The van der Waals surface area contributed by atoms with Crippen molar-refractivity contribution < 1.29 is 27.1 Å². The summed E-state index contributed by atoms with van der Waals surface area (Å²) in [4.78, 5) is 22.4. The molecule has 30 heavy (non-hydrogen) atoms. The number of allylic oxidation sites excluding steroid dienone is 5. The lowest BCUT2D eigenvalue weighted by Crippen LogP contribution is -2.29. The number of likely N-dealkylation sites (N-methyl/N-ethyl adjacent to an activating group) is 1. The monoisotopic (exact) mass is 444 g/mol. The first kappa shape index (κ1) is 32.4. The third-order valence-electron chi connectivity index (χ3n) is 3.62. The lowest BCUT2D eigenvalue weighted by Gasteiger charge is -2.08. The Balaban J connectivity index is -0.000000411. The number of amides is 2. The summed E-state index contributed by atoms with van der Waals surface area (Å²) >= 11 is 0. The molecule has 0 radical (unpaired) electrons. The fourth-order valence-corrected chi connectivity index (χ4v) is 2.06. The zero-order valence-electron chi connectivity index (χ0n) is 18.6. The molecule has 0 spiro atoms. The molecule has 1 aliphatic heterocycles. The maximum atomic E-state index is 10.6. The van der Waals surface area contributed by atoms with Crippen LogP contribution in [0, 0.1) is 0 Å². The van der Waals surface area contributed by atoms with E-state index in [1.807, 2.05) is 0 Å². The summed E-state index contributed by atoms with van der Waals surface area (Å²) in [7, 11) is -4.67. The molecule has 0 atom stereocenters. The first-order valence-corrected chi connectivity index (χ1v) is 10.6. The van der Waals surface area contributed by atoms with Gasteiger partial charge in [0.2, 0.25) is 0 Å². The highest BCUT2D eigenvalue weighted by molar-refractivity contribution is 7.79. The Bertz CT molecular complexity index is 758. The van der Waals surface area contributed by atoms with E-state index in [1.165, 1.54) is 46.6 Å². The quantitative estimate of drug-likeness (QED) is 0.224. The van der Waals surface area contributed by atoms with Gasteiger partial charge in [-0.1, -0.05) is 29.9 Å². The van der Waals surface area contributed by atoms with Gasteiger partial charge >= 0.3 is 10.4 Å². The third-order valence-corrected chi connectivity index (χ3v) is 3.62. The predicted octanol–water partition coefficient (Wildman–Crippen LogP) is 4.63. The van der Waals surface area contributed by atoms with E-state index in [0.717, 1.165) is 12.8 Å². The Morgan fingerprint density at radius 1 is 1.03 bits per heavy atom. The molecule has 1 rings (SSSR count). The topological polar surface area (TPSA) is 147 Å². The molecule has 0 unspecified atom stereocenters. The second kappa shape index (κ2) is 17.6. The minimum Gasteiger partial charge on any atom is -0.344 e. The van der Waals surface area contributed by atoms with Gasteiger partial charge in [0.25, 0.3) is 11.8 Å². The van der Waals surface area contributed by atoms with Crippen LogP contribution in [0.2, 0.25) is 0 Å². The molecule has 0 aromatic rings. The van der Waals surface area contributed by atoms with Crippen molar-refractivity contribution in [2.45, 2.75) is 60.3 Å². The molecule has 1 heterocycles. The third kappa shape index (κ3) is 22.0. The summed E-state index contributed by atoms with van der Waals surface area (Å²) in [6, 6.07) is 0. The van der Waals surface area contributed by atoms with E-state index in [4.69, 9.17) is 17.5 Å². The van der Waals surface area contributed by atoms with Crippen LogP contribution in [0.4, 0.5) is 0 Å². The van der Waals surface area contributed by atoms with Crippen LogP contribution >= 0.6 is 0 Å². The summed E-state index contributed by atoms with van der Waals surface area (Å²) in [5.74, 6) is -0.412. The SMILES string of the molecule is C=C=C(C)CCC=C(C)CCC=C(C)C.CCN1C(=O)C=CC1=O.N.O=S(=O)(O)O. The lowest BCUT2D eigenvalue weighted by atomic mass is 10.1. The van der Waals surface area contributed by atoms with Crippen LogP contribution in [-0.4, -0.2) is 40.8 Å². The van der Waals surface area contributed by atoms with Crippen molar-refractivity contribution in [3.63, 3.8) is 0 Å². The molecule has 0 fully saturated rings. The van der Waals surface area contributed by atoms with E-state index in [9.17, 15) is 9.59 Å². The van der Waals surface area contributed by atoms with Crippen molar-refractivity contribution in [2.24, 2.45) is 0 Å². The number of hydrogen-bond acceptors (Lipinski definition) is 5. The minimum atomic E-state index is -4.67. The molecule has 9 heteroatoms. The van der Waals surface area contributed by atoms with Crippen molar-refractivity contribution in [3.05, 3.63) is 53.3 Å². The largest absolute Gasteiger partial charge is 0.394 e. The Kier molecular flexibility index (Phi) is 18.9. The van der Waals surface area contributed by atoms with Crippen LogP contribution in [0.5, 0.6) is 0 Å². The van der Waals surface area contributed by atoms with Gasteiger partial charge in [0.05, 0.1) is 0 Å². The van der Waals surface area contributed by atoms with Crippen LogP contribution in [-0.2, 0) is 20.0 Å². The van der Waals surface area contributed by atoms with E-state index < -0.39 is 10.4 Å². The van der Waals surface area contributed by atoms with Crippen molar-refractivity contribution in [3.8, 4) is 0 Å². The molecule has 0 bridgehead atoms. The van der Waals surface area contributed by atoms with Crippen LogP contribution < -0.4 is 6.15 Å². The molecule has 8 nitrogen and oxygen atoms in total. The van der Waals surface area contributed by atoms with Crippen LogP contribution in [0.3, 0.4) is 0 Å². The summed E-state index contributed by atoms with van der Waals surface area (Å²) < 4.78 is 31.6. The van der Waals surface area contributed by atoms with Gasteiger partial charge in [-0.3, -0.25) is 23.6 Å². The van der Waals surface area contributed by atoms with Gasteiger partial charge in [0.1, 0.15) is 0 Å². The van der Waals surface area contributed by atoms with Gasteiger partial charge < -0.3 is 6.15 Å². The number of nitrogens with zero attached hydrogens (tertiary/aromatic N) is 1. The second-order valence-corrected chi connectivity index (χ2v) is 7.46. The molecule has 2 amide bonds. The Morgan fingerprint density at radius 2 is 1.47 bits per heavy atom. The van der Waals surface area contributed by atoms with Crippen LogP contribution in [0.15, 0.2) is 53.3 Å². The fourth-order valence-electron chi connectivity index (χ4n) is 2.06. The van der Waals surface area contributed by atoms with Gasteiger partial charge in [-0.25, -0.2) is 0 Å². The summed E-state index contributed by atoms with van der Waals surface area (Å²) in [5.41, 5.74) is 7.08. The Labute approximate surface area is 180 Å².